The molecule has 1 aromatic rings. The van der Waals surface area contributed by atoms with Gasteiger partial charge in [-0.3, -0.25) is 19.5 Å². The molecule has 2 heterocycles. The molecule has 0 bridgehead atoms. The highest BCUT2D eigenvalue weighted by Crippen LogP contribution is 2.23. The molecule has 20 heavy (non-hydrogen) atoms. The Balaban J connectivity index is 2.23. The van der Waals surface area contributed by atoms with Crippen LogP contribution in [0.3, 0.4) is 0 Å². The predicted octanol–water partition coefficient (Wildman–Crippen LogP) is 1.25. The van der Waals surface area contributed by atoms with Crippen LogP contribution >= 0.6 is 11.8 Å². The lowest BCUT2D eigenvalue weighted by Gasteiger charge is -2.23. The van der Waals surface area contributed by atoms with Crippen LogP contribution < -0.4 is 0 Å². The first-order valence-electron chi connectivity index (χ1n) is 6.19. The van der Waals surface area contributed by atoms with Crippen molar-refractivity contribution in [1.82, 2.24) is 9.88 Å². The smallest absolute Gasteiger partial charge is 0.329 e. The molecule has 0 aliphatic carbocycles. The standard InChI is InChI=1S/C13H14N2O4S/c1-2-19-12(17)10(7-9-5-3-4-6-14-9)15-11(16)8-20-13(15)18/h3-6,10H,2,7-8H2,1H3. The van der Waals surface area contributed by atoms with E-state index in [1.807, 2.05) is 0 Å². The maximum absolute atomic E-state index is 12.0. The van der Waals surface area contributed by atoms with Gasteiger partial charge in [-0.2, -0.15) is 0 Å². The first kappa shape index (κ1) is 14.5. The van der Waals surface area contributed by atoms with Crippen LogP contribution in [0.15, 0.2) is 24.4 Å². The van der Waals surface area contributed by atoms with Gasteiger partial charge in [0.05, 0.1) is 12.4 Å². The van der Waals surface area contributed by atoms with E-state index in [0.717, 1.165) is 16.7 Å². The van der Waals surface area contributed by atoms with Crippen molar-refractivity contribution in [1.29, 1.82) is 0 Å². The minimum absolute atomic E-state index is 0.0664. The van der Waals surface area contributed by atoms with Gasteiger partial charge in [-0.15, -0.1) is 0 Å². The van der Waals surface area contributed by atoms with Gasteiger partial charge in [-0.05, 0) is 19.1 Å². The first-order chi connectivity index (χ1) is 9.63. The topological polar surface area (TPSA) is 76.6 Å². The van der Waals surface area contributed by atoms with Gasteiger partial charge >= 0.3 is 5.97 Å². The Morgan fingerprint density at radius 2 is 2.30 bits per heavy atom. The molecular formula is C13H14N2O4S. The second-order valence-corrected chi connectivity index (χ2v) is 5.04. The number of imide groups is 1. The largest absolute Gasteiger partial charge is 0.464 e. The van der Waals surface area contributed by atoms with Crippen molar-refractivity contribution in [3.05, 3.63) is 30.1 Å². The van der Waals surface area contributed by atoms with Crippen molar-refractivity contribution in [2.24, 2.45) is 0 Å². The van der Waals surface area contributed by atoms with Crippen LogP contribution in [0, 0.1) is 0 Å². The molecule has 7 heteroatoms. The van der Waals surface area contributed by atoms with Crippen LogP contribution in [-0.4, -0.2) is 45.4 Å². The Morgan fingerprint density at radius 1 is 1.50 bits per heavy atom. The van der Waals surface area contributed by atoms with Crippen molar-refractivity contribution in [2.75, 3.05) is 12.4 Å². The number of thioether (sulfide) groups is 1. The van der Waals surface area contributed by atoms with Crippen molar-refractivity contribution in [3.63, 3.8) is 0 Å². The fourth-order valence-corrected chi connectivity index (χ4v) is 2.66. The minimum Gasteiger partial charge on any atom is -0.464 e. The van der Waals surface area contributed by atoms with E-state index in [1.54, 1.807) is 31.3 Å². The quantitative estimate of drug-likeness (QED) is 0.761. The summed E-state index contributed by atoms with van der Waals surface area (Å²) in [7, 11) is 0. The van der Waals surface area contributed by atoms with E-state index in [1.165, 1.54) is 0 Å². The average molecular weight is 294 g/mol. The second kappa shape index (κ2) is 6.51. The van der Waals surface area contributed by atoms with E-state index in [9.17, 15) is 14.4 Å². The van der Waals surface area contributed by atoms with Crippen LogP contribution in [0.4, 0.5) is 4.79 Å². The Bertz CT molecular complexity index is 504. The highest BCUT2D eigenvalue weighted by molar-refractivity contribution is 8.14. The molecule has 0 N–H and O–H groups in total. The first-order valence-corrected chi connectivity index (χ1v) is 7.17. The number of nitrogens with zero attached hydrogens (tertiary/aromatic N) is 2. The lowest BCUT2D eigenvalue weighted by molar-refractivity contribution is -0.151. The number of ether oxygens (including phenoxy) is 1. The molecule has 2 rings (SSSR count). The molecule has 2 amide bonds. The third kappa shape index (κ3) is 3.16. The zero-order valence-electron chi connectivity index (χ0n) is 10.9. The van der Waals surface area contributed by atoms with Crippen molar-refractivity contribution >= 4 is 28.9 Å². The van der Waals surface area contributed by atoms with E-state index in [4.69, 9.17) is 4.74 Å². The van der Waals surface area contributed by atoms with Crippen molar-refractivity contribution in [3.8, 4) is 0 Å². The lowest BCUT2D eigenvalue weighted by Crippen LogP contribution is -2.46. The van der Waals surface area contributed by atoms with Gasteiger partial charge in [0.1, 0.15) is 6.04 Å². The molecule has 1 fully saturated rings. The molecular weight excluding hydrogens is 280 g/mol. The molecule has 6 nitrogen and oxygen atoms in total. The van der Waals surface area contributed by atoms with Gasteiger partial charge in [0.15, 0.2) is 0 Å². The lowest BCUT2D eigenvalue weighted by atomic mass is 10.1. The number of hydrogen-bond acceptors (Lipinski definition) is 6. The number of amides is 2. The zero-order chi connectivity index (χ0) is 14.5. The highest BCUT2D eigenvalue weighted by atomic mass is 32.2. The monoisotopic (exact) mass is 294 g/mol. The normalized spacial score (nSPS) is 16.4. The van der Waals surface area contributed by atoms with E-state index < -0.39 is 17.3 Å². The fourth-order valence-electron chi connectivity index (χ4n) is 1.90. The van der Waals surface area contributed by atoms with Crippen LogP contribution in [-0.2, 0) is 20.7 Å². The number of carbonyl (C=O) groups is 3. The summed E-state index contributed by atoms with van der Waals surface area (Å²) in [6, 6.07) is 4.34. The summed E-state index contributed by atoms with van der Waals surface area (Å²) in [5, 5.41) is -0.413. The minimum atomic E-state index is -0.945. The molecule has 0 radical (unpaired) electrons. The Morgan fingerprint density at radius 3 is 2.85 bits per heavy atom. The van der Waals surface area contributed by atoms with Gasteiger partial charge in [-0.25, -0.2) is 4.79 Å². The highest BCUT2D eigenvalue weighted by Gasteiger charge is 2.40. The molecule has 1 unspecified atom stereocenters. The Hall–Kier alpha value is -1.89. The van der Waals surface area contributed by atoms with E-state index in [-0.39, 0.29) is 24.7 Å². The van der Waals surface area contributed by atoms with Gasteiger partial charge < -0.3 is 4.74 Å². The van der Waals surface area contributed by atoms with Gasteiger partial charge in [0.25, 0.3) is 5.24 Å². The summed E-state index contributed by atoms with van der Waals surface area (Å²) in [6.45, 7) is 1.87. The summed E-state index contributed by atoms with van der Waals surface area (Å²) in [5.41, 5.74) is 0.628. The predicted molar refractivity (Wildman–Crippen MR) is 73.1 cm³/mol. The van der Waals surface area contributed by atoms with E-state index >= 15 is 0 Å². The van der Waals surface area contributed by atoms with E-state index in [2.05, 4.69) is 4.98 Å². The number of pyridine rings is 1. The molecule has 1 aromatic heterocycles. The number of hydrogen-bond donors (Lipinski definition) is 0. The SMILES string of the molecule is CCOC(=O)C(Cc1ccccn1)N1C(=O)CSC1=O. The van der Waals surface area contributed by atoms with Crippen LogP contribution in [0.25, 0.3) is 0 Å². The number of carbonyl (C=O) groups excluding carboxylic acids is 3. The van der Waals surface area contributed by atoms with Gasteiger partial charge in [0, 0.05) is 18.3 Å². The molecule has 1 saturated heterocycles. The third-order valence-corrected chi connectivity index (χ3v) is 3.62. The molecule has 0 spiro atoms. The summed E-state index contributed by atoms with van der Waals surface area (Å²) in [4.78, 5) is 40.7. The molecule has 0 aromatic carbocycles. The van der Waals surface area contributed by atoms with Crippen molar-refractivity contribution in [2.45, 2.75) is 19.4 Å². The van der Waals surface area contributed by atoms with Crippen molar-refractivity contribution < 1.29 is 19.1 Å². The maximum Gasteiger partial charge on any atom is 0.329 e. The molecule has 106 valence electrons. The number of aromatic nitrogens is 1. The molecule has 1 atom stereocenters. The third-order valence-electron chi connectivity index (χ3n) is 2.78. The summed E-state index contributed by atoms with van der Waals surface area (Å²) < 4.78 is 4.96. The zero-order valence-corrected chi connectivity index (χ0v) is 11.8. The summed E-state index contributed by atoms with van der Waals surface area (Å²) in [6.07, 6.45) is 1.76. The van der Waals surface area contributed by atoms with Gasteiger partial charge in [0.2, 0.25) is 5.91 Å². The molecule has 0 saturated carbocycles. The van der Waals surface area contributed by atoms with Crippen LogP contribution in [0.5, 0.6) is 0 Å². The molecule has 1 aliphatic heterocycles. The van der Waals surface area contributed by atoms with Crippen LogP contribution in [0.2, 0.25) is 0 Å². The average Bonchev–Trinajstić information content (AvgIpc) is 2.77. The number of rotatable bonds is 5. The summed E-state index contributed by atoms with van der Waals surface area (Å²) in [5.74, 6) is -0.881. The summed E-state index contributed by atoms with van der Waals surface area (Å²) >= 11 is 0.897. The molecule has 1 aliphatic rings. The Kier molecular flexibility index (Phi) is 4.73. The fraction of sp³-hybridized carbons (Fsp3) is 0.385. The van der Waals surface area contributed by atoms with E-state index in [0.29, 0.717) is 5.69 Å². The number of esters is 1. The Labute approximate surface area is 120 Å². The second-order valence-electron chi connectivity index (χ2n) is 4.11. The maximum atomic E-state index is 12.0. The van der Waals surface area contributed by atoms with Gasteiger partial charge in [-0.1, -0.05) is 17.8 Å². The van der Waals surface area contributed by atoms with Crippen LogP contribution in [0.1, 0.15) is 12.6 Å².